The monoisotopic (exact) mass is 290 g/mol. The van der Waals surface area contributed by atoms with Crippen LogP contribution in [0.4, 0.5) is 4.39 Å². The van der Waals surface area contributed by atoms with Gasteiger partial charge in [0.25, 0.3) is 0 Å². The minimum Gasteiger partial charge on any atom is -0.419 e. The topological polar surface area (TPSA) is 54.2 Å². The van der Waals surface area contributed by atoms with Gasteiger partial charge in [0, 0.05) is 18.7 Å². The van der Waals surface area contributed by atoms with E-state index in [-0.39, 0.29) is 5.82 Å². The fourth-order valence-corrected chi connectivity index (χ4v) is 2.47. The second-order valence-electron chi connectivity index (χ2n) is 5.23. The lowest BCUT2D eigenvalue weighted by atomic mass is 10.2. The van der Waals surface area contributed by atoms with Gasteiger partial charge in [-0.05, 0) is 50.2 Å². The highest BCUT2D eigenvalue weighted by Gasteiger charge is 2.11. The van der Waals surface area contributed by atoms with Crippen LogP contribution in [0.25, 0.3) is 11.5 Å². The maximum atomic E-state index is 12.9. The van der Waals surface area contributed by atoms with Gasteiger partial charge in [-0.1, -0.05) is 0 Å². The summed E-state index contributed by atoms with van der Waals surface area (Å²) in [5.74, 6) is 0.698. The Bertz CT molecular complexity index is 563. The van der Waals surface area contributed by atoms with Crippen LogP contribution in [0.5, 0.6) is 0 Å². The molecule has 1 aromatic heterocycles. The summed E-state index contributed by atoms with van der Waals surface area (Å²) in [6.45, 7) is 4.93. The average molecular weight is 290 g/mol. The quantitative estimate of drug-likeness (QED) is 0.825. The number of rotatable bonds is 6. The van der Waals surface area contributed by atoms with E-state index >= 15 is 0 Å². The summed E-state index contributed by atoms with van der Waals surface area (Å²) in [7, 11) is 0. The first kappa shape index (κ1) is 14.2. The van der Waals surface area contributed by atoms with Crippen molar-refractivity contribution in [2.75, 3.05) is 26.2 Å². The molecule has 112 valence electrons. The average Bonchev–Trinajstić information content (AvgIpc) is 3.16. The number of nitrogens with zero attached hydrogens (tertiary/aromatic N) is 3. The Balaban J connectivity index is 1.47. The maximum Gasteiger partial charge on any atom is 0.247 e. The third-order valence-electron chi connectivity index (χ3n) is 3.64. The fourth-order valence-electron chi connectivity index (χ4n) is 2.47. The molecule has 0 atom stereocenters. The summed E-state index contributed by atoms with van der Waals surface area (Å²) in [5.41, 5.74) is 0.729. The molecule has 1 saturated heterocycles. The molecule has 2 aromatic rings. The molecule has 0 aliphatic carbocycles. The van der Waals surface area contributed by atoms with Crippen molar-refractivity contribution in [2.45, 2.75) is 19.4 Å². The van der Waals surface area contributed by atoms with Gasteiger partial charge in [0.2, 0.25) is 11.8 Å². The Hall–Kier alpha value is -1.79. The Morgan fingerprint density at radius 1 is 1.14 bits per heavy atom. The molecule has 0 unspecified atom stereocenters. The molecule has 2 heterocycles. The van der Waals surface area contributed by atoms with Crippen LogP contribution in [0.15, 0.2) is 28.7 Å². The zero-order valence-corrected chi connectivity index (χ0v) is 11.9. The van der Waals surface area contributed by atoms with Gasteiger partial charge in [0.05, 0.1) is 6.54 Å². The van der Waals surface area contributed by atoms with E-state index in [1.54, 1.807) is 12.1 Å². The highest BCUT2D eigenvalue weighted by atomic mass is 19.1. The van der Waals surface area contributed by atoms with Crippen molar-refractivity contribution in [3.05, 3.63) is 36.0 Å². The summed E-state index contributed by atoms with van der Waals surface area (Å²) < 4.78 is 18.4. The van der Waals surface area contributed by atoms with Crippen LogP contribution >= 0.6 is 0 Å². The van der Waals surface area contributed by atoms with Crippen LogP contribution in [-0.2, 0) is 6.54 Å². The van der Waals surface area contributed by atoms with Crippen molar-refractivity contribution in [1.29, 1.82) is 0 Å². The Kier molecular flexibility index (Phi) is 4.57. The second-order valence-corrected chi connectivity index (χ2v) is 5.23. The van der Waals surface area contributed by atoms with Crippen LogP contribution in [0.2, 0.25) is 0 Å². The van der Waals surface area contributed by atoms with Gasteiger partial charge in [-0.2, -0.15) is 0 Å². The van der Waals surface area contributed by atoms with E-state index < -0.39 is 0 Å². The molecule has 0 amide bonds. The second kappa shape index (κ2) is 6.78. The van der Waals surface area contributed by atoms with E-state index in [1.165, 1.54) is 38.1 Å². The standard InChI is InChI=1S/C15H19FN4O/c16-13-5-3-12(4-6-13)15-19-18-14(21-15)11-17-7-10-20-8-1-2-9-20/h3-6,17H,1-2,7-11H2. The minimum atomic E-state index is -0.276. The third-order valence-corrected chi connectivity index (χ3v) is 3.64. The van der Waals surface area contributed by atoms with Crippen LogP contribution < -0.4 is 5.32 Å². The predicted octanol–water partition coefficient (Wildman–Crippen LogP) is 2.06. The van der Waals surface area contributed by atoms with Crippen molar-refractivity contribution < 1.29 is 8.81 Å². The number of likely N-dealkylation sites (tertiary alicyclic amines) is 1. The van der Waals surface area contributed by atoms with Crippen molar-refractivity contribution >= 4 is 0 Å². The molecule has 1 aliphatic rings. The van der Waals surface area contributed by atoms with Gasteiger partial charge in [0.15, 0.2) is 0 Å². The SMILES string of the molecule is Fc1ccc(-c2nnc(CNCCN3CCCC3)o2)cc1. The van der Waals surface area contributed by atoms with Gasteiger partial charge in [-0.3, -0.25) is 0 Å². The summed E-state index contributed by atoms with van der Waals surface area (Å²) in [6, 6.07) is 6.03. The van der Waals surface area contributed by atoms with E-state index in [0.717, 1.165) is 18.7 Å². The molecule has 21 heavy (non-hydrogen) atoms. The molecule has 0 radical (unpaired) electrons. The van der Waals surface area contributed by atoms with Crippen molar-refractivity contribution in [3.63, 3.8) is 0 Å². The fraction of sp³-hybridized carbons (Fsp3) is 0.467. The number of halogens is 1. The summed E-state index contributed by atoms with van der Waals surface area (Å²) in [6.07, 6.45) is 2.62. The molecule has 1 N–H and O–H groups in total. The molecule has 0 saturated carbocycles. The highest BCUT2D eigenvalue weighted by Crippen LogP contribution is 2.17. The largest absolute Gasteiger partial charge is 0.419 e. The van der Waals surface area contributed by atoms with Crippen molar-refractivity contribution in [3.8, 4) is 11.5 Å². The van der Waals surface area contributed by atoms with Crippen molar-refractivity contribution in [2.24, 2.45) is 0 Å². The molecule has 3 rings (SSSR count). The minimum absolute atomic E-state index is 0.276. The summed E-state index contributed by atoms with van der Waals surface area (Å²) in [4.78, 5) is 2.45. The number of hydrogen-bond acceptors (Lipinski definition) is 5. The lowest BCUT2D eigenvalue weighted by molar-refractivity contribution is 0.332. The smallest absolute Gasteiger partial charge is 0.247 e. The van der Waals surface area contributed by atoms with E-state index in [1.807, 2.05) is 0 Å². The lowest BCUT2D eigenvalue weighted by Gasteiger charge is -2.13. The number of benzene rings is 1. The van der Waals surface area contributed by atoms with Crippen LogP contribution in [-0.4, -0.2) is 41.3 Å². The van der Waals surface area contributed by atoms with Crippen LogP contribution in [0, 0.1) is 5.82 Å². The predicted molar refractivity (Wildman–Crippen MR) is 77.1 cm³/mol. The molecule has 1 aromatic carbocycles. The molecular weight excluding hydrogens is 271 g/mol. The molecule has 1 aliphatic heterocycles. The maximum absolute atomic E-state index is 12.9. The molecule has 6 heteroatoms. The number of hydrogen-bond donors (Lipinski definition) is 1. The van der Waals surface area contributed by atoms with Gasteiger partial charge in [-0.25, -0.2) is 4.39 Å². The number of nitrogens with one attached hydrogen (secondary N) is 1. The Labute approximate surface area is 123 Å². The lowest BCUT2D eigenvalue weighted by Crippen LogP contribution is -2.29. The van der Waals surface area contributed by atoms with Crippen LogP contribution in [0.3, 0.4) is 0 Å². The molecule has 5 nitrogen and oxygen atoms in total. The van der Waals surface area contributed by atoms with Gasteiger partial charge in [0.1, 0.15) is 5.82 Å². The molecule has 0 bridgehead atoms. The van der Waals surface area contributed by atoms with E-state index in [0.29, 0.717) is 18.3 Å². The first-order chi connectivity index (χ1) is 10.3. The van der Waals surface area contributed by atoms with E-state index in [9.17, 15) is 4.39 Å². The van der Waals surface area contributed by atoms with Gasteiger partial charge in [-0.15, -0.1) is 10.2 Å². The molecule has 0 spiro atoms. The van der Waals surface area contributed by atoms with E-state index in [4.69, 9.17) is 4.42 Å². The van der Waals surface area contributed by atoms with Gasteiger partial charge >= 0.3 is 0 Å². The zero-order chi connectivity index (χ0) is 14.5. The molecule has 1 fully saturated rings. The van der Waals surface area contributed by atoms with Gasteiger partial charge < -0.3 is 14.6 Å². The first-order valence-electron chi connectivity index (χ1n) is 7.33. The summed E-state index contributed by atoms with van der Waals surface area (Å²) in [5, 5.41) is 11.3. The first-order valence-corrected chi connectivity index (χ1v) is 7.33. The number of aromatic nitrogens is 2. The zero-order valence-electron chi connectivity index (χ0n) is 11.9. The van der Waals surface area contributed by atoms with Crippen molar-refractivity contribution in [1.82, 2.24) is 20.4 Å². The normalized spacial score (nSPS) is 15.7. The Morgan fingerprint density at radius 3 is 2.67 bits per heavy atom. The Morgan fingerprint density at radius 2 is 1.90 bits per heavy atom. The van der Waals surface area contributed by atoms with E-state index in [2.05, 4.69) is 20.4 Å². The van der Waals surface area contributed by atoms with Crippen LogP contribution in [0.1, 0.15) is 18.7 Å². The summed E-state index contributed by atoms with van der Waals surface area (Å²) >= 11 is 0. The third kappa shape index (κ3) is 3.86. The highest BCUT2D eigenvalue weighted by molar-refractivity contribution is 5.51. The molecular formula is C15H19FN4O.